The van der Waals surface area contributed by atoms with Crippen LogP contribution in [0.1, 0.15) is 43.2 Å². The maximum absolute atomic E-state index is 10.8. The minimum Gasteiger partial charge on any atom is -0.494 e. The van der Waals surface area contributed by atoms with E-state index in [9.17, 15) is 9.90 Å². The third-order valence-corrected chi connectivity index (χ3v) is 7.53. The first-order valence-electron chi connectivity index (χ1n) is 13.3. The highest BCUT2D eigenvalue weighted by atomic mass is 16.6. The van der Waals surface area contributed by atoms with Crippen LogP contribution in [0.2, 0.25) is 0 Å². The number of fused-ring (bicyclic) bond motifs is 2. The van der Waals surface area contributed by atoms with Crippen molar-refractivity contribution in [3.05, 3.63) is 59.7 Å². The molecule has 0 aliphatic carbocycles. The SMILES string of the molecule is CO/N=C/c1ccc2c(-c3ccc4cc(CCCN5CCC(CCC(=O)O)CC5)ccc4n3)c(O)[nH]c2c1. The fourth-order valence-electron chi connectivity index (χ4n) is 5.46. The maximum atomic E-state index is 10.8. The number of nitrogens with one attached hydrogen (secondary N) is 1. The highest BCUT2D eigenvalue weighted by Gasteiger charge is 2.19. The standard InChI is InChI=1S/C30H34N4O4/c1-38-31-19-22-4-8-24-27(18-22)33-30(37)29(24)26-10-7-23-17-21(5-9-25(23)32-26)3-2-14-34-15-12-20(13-16-34)6-11-28(35)36/h4-5,7-10,17-20,33,37H,2-3,6,11-16H2,1H3,(H,35,36)/b31-19+. The number of rotatable bonds is 10. The van der Waals surface area contributed by atoms with Crippen LogP contribution in [-0.4, -0.2) is 64.0 Å². The Hall–Kier alpha value is -3.91. The van der Waals surface area contributed by atoms with Crippen molar-refractivity contribution < 1.29 is 19.8 Å². The van der Waals surface area contributed by atoms with E-state index >= 15 is 0 Å². The molecule has 0 unspecified atom stereocenters. The first-order chi connectivity index (χ1) is 18.5. The second-order valence-electron chi connectivity index (χ2n) is 10.1. The van der Waals surface area contributed by atoms with E-state index in [1.54, 1.807) is 6.21 Å². The minimum absolute atomic E-state index is 0.0928. The second kappa shape index (κ2) is 11.6. The third-order valence-electron chi connectivity index (χ3n) is 7.53. The quantitative estimate of drug-likeness (QED) is 0.188. The van der Waals surface area contributed by atoms with Gasteiger partial charge in [-0.25, -0.2) is 4.98 Å². The summed E-state index contributed by atoms with van der Waals surface area (Å²) in [5, 5.41) is 25.3. The van der Waals surface area contributed by atoms with Crippen molar-refractivity contribution in [3.63, 3.8) is 0 Å². The Morgan fingerprint density at radius 2 is 2.03 bits per heavy atom. The van der Waals surface area contributed by atoms with Gasteiger partial charge in [0.15, 0.2) is 5.88 Å². The van der Waals surface area contributed by atoms with E-state index < -0.39 is 5.97 Å². The van der Waals surface area contributed by atoms with Gasteiger partial charge in [0.2, 0.25) is 0 Å². The molecular formula is C30H34N4O4. The van der Waals surface area contributed by atoms with Crippen LogP contribution in [0.5, 0.6) is 5.88 Å². The monoisotopic (exact) mass is 514 g/mol. The number of aryl methyl sites for hydroxylation is 1. The lowest BCUT2D eigenvalue weighted by atomic mass is 9.92. The Morgan fingerprint density at radius 3 is 2.82 bits per heavy atom. The number of aromatic nitrogens is 2. The van der Waals surface area contributed by atoms with Crippen molar-refractivity contribution in [2.24, 2.45) is 11.1 Å². The van der Waals surface area contributed by atoms with Crippen molar-refractivity contribution >= 4 is 34.0 Å². The Labute approximate surface area is 221 Å². The molecule has 5 rings (SSSR count). The second-order valence-corrected chi connectivity index (χ2v) is 10.1. The number of carbonyl (C=O) groups is 1. The molecule has 0 saturated carbocycles. The molecule has 3 heterocycles. The van der Waals surface area contributed by atoms with Crippen LogP contribution in [0.25, 0.3) is 33.1 Å². The van der Waals surface area contributed by atoms with Crippen LogP contribution >= 0.6 is 0 Å². The number of oxime groups is 1. The summed E-state index contributed by atoms with van der Waals surface area (Å²) in [5.41, 5.74) is 5.27. The number of aromatic hydroxyl groups is 1. The van der Waals surface area contributed by atoms with E-state index in [0.717, 1.165) is 84.8 Å². The number of piperidine rings is 1. The molecule has 3 N–H and O–H groups in total. The fourth-order valence-corrected chi connectivity index (χ4v) is 5.46. The Kier molecular flexibility index (Phi) is 7.89. The van der Waals surface area contributed by atoms with E-state index in [1.807, 2.05) is 24.3 Å². The van der Waals surface area contributed by atoms with Gasteiger partial charge >= 0.3 is 5.97 Å². The van der Waals surface area contributed by atoms with Gasteiger partial charge in [-0.1, -0.05) is 29.4 Å². The van der Waals surface area contributed by atoms with Crippen LogP contribution in [0.4, 0.5) is 0 Å². The summed E-state index contributed by atoms with van der Waals surface area (Å²) >= 11 is 0. The smallest absolute Gasteiger partial charge is 0.303 e. The zero-order valence-corrected chi connectivity index (χ0v) is 21.7. The minimum atomic E-state index is -0.686. The average molecular weight is 515 g/mol. The van der Waals surface area contributed by atoms with Crippen molar-refractivity contribution in [1.29, 1.82) is 0 Å². The summed E-state index contributed by atoms with van der Waals surface area (Å²) in [5.74, 6) is -0.0388. The Morgan fingerprint density at radius 1 is 1.18 bits per heavy atom. The molecule has 0 bridgehead atoms. The van der Waals surface area contributed by atoms with Gasteiger partial charge in [0.25, 0.3) is 0 Å². The van der Waals surface area contributed by atoms with Crippen molar-refractivity contribution in [2.45, 2.75) is 38.5 Å². The van der Waals surface area contributed by atoms with Gasteiger partial charge in [0.1, 0.15) is 7.11 Å². The lowest BCUT2D eigenvalue weighted by Crippen LogP contribution is -2.34. The number of aromatic amines is 1. The summed E-state index contributed by atoms with van der Waals surface area (Å²) in [6.45, 7) is 3.20. The van der Waals surface area contributed by atoms with Crippen molar-refractivity contribution in [3.8, 4) is 17.1 Å². The van der Waals surface area contributed by atoms with Gasteiger partial charge in [-0.3, -0.25) is 4.79 Å². The number of hydrogen-bond acceptors (Lipinski definition) is 6. The number of hydrogen-bond donors (Lipinski definition) is 3. The normalized spacial score (nSPS) is 15.1. The first kappa shape index (κ1) is 25.7. The number of carboxylic acid groups (broad SMARTS) is 1. The molecule has 38 heavy (non-hydrogen) atoms. The van der Waals surface area contributed by atoms with Gasteiger partial charge in [-0.15, -0.1) is 0 Å². The molecule has 1 aliphatic rings. The summed E-state index contributed by atoms with van der Waals surface area (Å²) in [7, 11) is 1.50. The molecule has 1 aliphatic heterocycles. The molecule has 0 atom stereocenters. The summed E-state index contributed by atoms with van der Waals surface area (Å²) in [4.78, 5) is 26.0. The van der Waals surface area contributed by atoms with Gasteiger partial charge in [0.05, 0.1) is 23.0 Å². The molecule has 1 saturated heterocycles. The van der Waals surface area contributed by atoms with Crippen LogP contribution in [0, 0.1) is 5.92 Å². The van der Waals surface area contributed by atoms with E-state index in [0.29, 0.717) is 11.5 Å². The molecule has 2 aromatic carbocycles. The van der Waals surface area contributed by atoms with Gasteiger partial charge in [0, 0.05) is 22.7 Å². The number of likely N-dealkylation sites (tertiary alicyclic amines) is 1. The number of nitrogens with zero attached hydrogens (tertiary/aromatic N) is 3. The number of pyridine rings is 1. The van der Waals surface area contributed by atoms with Crippen LogP contribution < -0.4 is 0 Å². The Balaban J connectivity index is 1.22. The van der Waals surface area contributed by atoms with Crippen molar-refractivity contribution in [2.75, 3.05) is 26.7 Å². The van der Waals surface area contributed by atoms with E-state index in [4.69, 9.17) is 14.9 Å². The highest BCUT2D eigenvalue weighted by molar-refractivity contribution is 6.01. The molecule has 8 nitrogen and oxygen atoms in total. The lowest BCUT2D eigenvalue weighted by Gasteiger charge is -2.31. The lowest BCUT2D eigenvalue weighted by molar-refractivity contribution is -0.137. The van der Waals surface area contributed by atoms with Crippen LogP contribution in [0.15, 0.2) is 53.7 Å². The largest absolute Gasteiger partial charge is 0.494 e. The van der Waals surface area contributed by atoms with Gasteiger partial charge in [-0.05, 0) is 93.0 Å². The van der Waals surface area contributed by atoms with E-state index in [1.165, 1.54) is 12.7 Å². The topological polar surface area (TPSA) is 111 Å². The van der Waals surface area contributed by atoms with E-state index in [-0.39, 0.29) is 12.3 Å². The molecule has 0 spiro atoms. The predicted molar refractivity (Wildman–Crippen MR) is 150 cm³/mol. The number of carboxylic acids is 1. The zero-order chi connectivity index (χ0) is 26.5. The summed E-state index contributed by atoms with van der Waals surface area (Å²) in [6.07, 6.45) is 7.03. The summed E-state index contributed by atoms with van der Waals surface area (Å²) < 4.78 is 0. The molecule has 2 aromatic heterocycles. The first-order valence-corrected chi connectivity index (χ1v) is 13.3. The number of H-pyrrole nitrogens is 1. The van der Waals surface area contributed by atoms with Gasteiger partial charge < -0.3 is 24.9 Å². The average Bonchev–Trinajstić information content (AvgIpc) is 3.26. The van der Waals surface area contributed by atoms with Gasteiger partial charge in [-0.2, -0.15) is 0 Å². The molecule has 8 heteroatoms. The van der Waals surface area contributed by atoms with Crippen LogP contribution in [-0.2, 0) is 16.1 Å². The number of benzene rings is 2. The number of aliphatic carboxylic acids is 1. The third kappa shape index (κ3) is 5.97. The predicted octanol–water partition coefficient (Wildman–Crippen LogP) is 5.58. The molecular weight excluding hydrogens is 480 g/mol. The highest BCUT2D eigenvalue weighted by Crippen LogP contribution is 2.36. The fraction of sp³-hybridized carbons (Fsp3) is 0.367. The molecule has 1 fully saturated rings. The maximum Gasteiger partial charge on any atom is 0.303 e. The summed E-state index contributed by atoms with van der Waals surface area (Å²) in [6, 6.07) is 16.2. The van der Waals surface area contributed by atoms with Crippen LogP contribution in [0.3, 0.4) is 0 Å². The molecule has 198 valence electrons. The molecule has 0 amide bonds. The Bertz CT molecular complexity index is 1450. The van der Waals surface area contributed by atoms with E-state index in [2.05, 4.69) is 39.3 Å². The molecule has 4 aromatic rings. The zero-order valence-electron chi connectivity index (χ0n) is 21.7. The molecule has 0 radical (unpaired) electrons. The van der Waals surface area contributed by atoms with Crippen molar-refractivity contribution in [1.82, 2.24) is 14.9 Å².